The van der Waals surface area contributed by atoms with Crippen molar-refractivity contribution < 1.29 is 19.1 Å². The van der Waals surface area contributed by atoms with Crippen molar-refractivity contribution in [1.29, 1.82) is 0 Å². The van der Waals surface area contributed by atoms with Crippen molar-refractivity contribution in [3.05, 3.63) is 70.4 Å². The Labute approximate surface area is 233 Å². The molecule has 1 aromatic heterocycles. The van der Waals surface area contributed by atoms with E-state index in [4.69, 9.17) is 4.74 Å². The molecule has 0 unspecified atom stereocenters. The van der Waals surface area contributed by atoms with Crippen LogP contribution in [0, 0.1) is 5.92 Å². The van der Waals surface area contributed by atoms with E-state index >= 15 is 0 Å². The van der Waals surface area contributed by atoms with Gasteiger partial charge >= 0.3 is 6.09 Å². The normalized spacial score (nSPS) is 12.7. The molecule has 204 valence electrons. The maximum Gasteiger partial charge on any atom is 0.408 e. The number of alkyl carbamates (subject to hydrolysis) is 1. The van der Waals surface area contributed by atoms with E-state index in [1.165, 1.54) is 5.56 Å². The Morgan fingerprint density at radius 3 is 2.53 bits per heavy atom. The molecule has 0 saturated heterocycles. The zero-order valence-electron chi connectivity index (χ0n) is 22.4. The first-order valence-corrected chi connectivity index (χ1v) is 15.3. The first-order valence-electron chi connectivity index (χ1n) is 13.2. The van der Waals surface area contributed by atoms with Gasteiger partial charge in [-0.15, -0.1) is 11.8 Å². The van der Waals surface area contributed by atoms with Gasteiger partial charge in [0.25, 0.3) is 0 Å². The molecule has 6 nitrogen and oxygen atoms in total. The van der Waals surface area contributed by atoms with Gasteiger partial charge in [0.2, 0.25) is 5.91 Å². The second-order valence-electron chi connectivity index (χ2n) is 9.83. The number of fused-ring (bicyclic) bond motifs is 1. The Morgan fingerprint density at radius 1 is 1.00 bits per heavy atom. The van der Waals surface area contributed by atoms with E-state index in [0.29, 0.717) is 18.6 Å². The first kappa shape index (κ1) is 29.7. The summed E-state index contributed by atoms with van der Waals surface area (Å²) in [5, 5.41) is 11.9. The lowest BCUT2D eigenvalue weighted by Gasteiger charge is -2.24. The molecule has 0 aliphatic carbocycles. The fourth-order valence-corrected chi connectivity index (χ4v) is 5.88. The molecule has 0 aliphatic heterocycles. The van der Waals surface area contributed by atoms with Crippen LogP contribution in [0.1, 0.15) is 57.6 Å². The minimum atomic E-state index is -0.787. The number of amides is 2. The summed E-state index contributed by atoms with van der Waals surface area (Å²) >= 11 is 3.20. The summed E-state index contributed by atoms with van der Waals surface area (Å²) in [6.45, 7) is 6.14. The summed E-state index contributed by atoms with van der Waals surface area (Å²) in [5.74, 6) is 0.922. The highest BCUT2D eigenvalue weighted by atomic mass is 32.2. The summed E-state index contributed by atoms with van der Waals surface area (Å²) in [6.07, 6.45) is 2.13. The maximum absolute atomic E-state index is 13.3. The molecule has 0 fully saturated rings. The van der Waals surface area contributed by atoms with Gasteiger partial charge < -0.3 is 15.4 Å². The summed E-state index contributed by atoms with van der Waals surface area (Å²) in [5.41, 5.74) is 2.10. The Bertz CT molecular complexity index is 1170. The number of carbonyl (C=O) groups excluding carboxylic acids is 3. The van der Waals surface area contributed by atoms with Crippen molar-refractivity contribution in [2.75, 3.05) is 5.75 Å². The summed E-state index contributed by atoms with van der Waals surface area (Å²) in [7, 11) is 0. The number of benzene rings is 2. The number of thioether (sulfide) groups is 1. The molecule has 38 heavy (non-hydrogen) atoms. The minimum Gasteiger partial charge on any atom is -0.445 e. The van der Waals surface area contributed by atoms with Crippen molar-refractivity contribution in [3.63, 3.8) is 0 Å². The van der Waals surface area contributed by atoms with Gasteiger partial charge in [-0.3, -0.25) is 9.59 Å². The van der Waals surface area contributed by atoms with E-state index in [1.807, 2.05) is 61.7 Å². The highest BCUT2D eigenvalue weighted by Crippen LogP contribution is 2.20. The zero-order chi connectivity index (χ0) is 27.3. The lowest BCUT2D eigenvalue weighted by atomic mass is 10.0. The van der Waals surface area contributed by atoms with Crippen LogP contribution in [-0.4, -0.2) is 35.6 Å². The van der Waals surface area contributed by atoms with Gasteiger partial charge in [0.1, 0.15) is 12.6 Å². The van der Waals surface area contributed by atoms with E-state index in [0.717, 1.165) is 34.9 Å². The van der Waals surface area contributed by atoms with Gasteiger partial charge in [0, 0.05) is 5.75 Å². The van der Waals surface area contributed by atoms with E-state index < -0.39 is 18.2 Å². The monoisotopic (exact) mass is 554 g/mol. The van der Waals surface area contributed by atoms with Crippen molar-refractivity contribution in [2.45, 2.75) is 70.9 Å². The van der Waals surface area contributed by atoms with Crippen LogP contribution in [0.5, 0.6) is 0 Å². The molecule has 0 aliphatic rings. The number of hydrogen-bond acceptors (Lipinski definition) is 6. The lowest BCUT2D eigenvalue weighted by Crippen LogP contribution is -2.52. The van der Waals surface area contributed by atoms with Gasteiger partial charge in [-0.2, -0.15) is 11.3 Å². The van der Waals surface area contributed by atoms with Gasteiger partial charge in [-0.25, -0.2) is 4.79 Å². The Kier molecular flexibility index (Phi) is 12.2. The molecule has 8 heteroatoms. The summed E-state index contributed by atoms with van der Waals surface area (Å²) in [6, 6.07) is 14.5. The third-order valence-electron chi connectivity index (χ3n) is 6.20. The molecule has 0 saturated carbocycles. The second-order valence-corrected chi connectivity index (χ2v) is 11.6. The molecule has 0 radical (unpaired) electrons. The lowest BCUT2D eigenvalue weighted by molar-refractivity contribution is -0.128. The molecule has 3 rings (SSSR count). The molecular formula is C30H38N2O4S2. The average Bonchev–Trinajstić information content (AvgIpc) is 3.42. The van der Waals surface area contributed by atoms with Crippen LogP contribution >= 0.6 is 23.1 Å². The molecule has 2 aromatic carbocycles. The number of carbonyl (C=O) groups is 3. The van der Waals surface area contributed by atoms with E-state index in [2.05, 4.69) is 29.0 Å². The predicted molar refractivity (Wildman–Crippen MR) is 157 cm³/mol. The number of Topliss-reactive ketones (excluding diaryl/α,β-unsaturated/α-hetero) is 1. The molecule has 2 amide bonds. The van der Waals surface area contributed by atoms with Crippen LogP contribution < -0.4 is 10.6 Å². The smallest absolute Gasteiger partial charge is 0.408 e. The van der Waals surface area contributed by atoms with Crippen LogP contribution in [0.15, 0.2) is 59.3 Å². The zero-order valence-corrected chi connectivity index (χ0v) is 24.0. The standard InChI is InChI=1S/C30H38N2O4S2/c1-4-5-13-26(28(33)20-38-19-22-14-15-37-18-22)31-29(34)27(16-21(2)3)32-30(35)36-17-24-11-8-10-23-9-6-7-12-25(23)24/h6-12,14-15,18,21,26-27H,4-5,13,16-17,19-20H2,1-3H3,(H,31,34)(H,32,35)/t26-,27-/m0/s1. The molecule has 3 aromatic rings. The Hall–Kier alpha value is -2.84. The average molecular weight is 555 g/mol. The number of nitrogens with one attached hydrogen (secondary N) is 2. The van der Waals surface area contributed by atoms with E-state index in [1.54, 1.807) is 23.1 Å². The molecule has 0 bridgehead atoms. The second kappa shape index (κ2) is 15.5. The van der Waals surface area contributed by atoms with Crippen molar-refractivity contribution in [2.24, 2.45) is 5.92 Å². The quantitative estimate of drug-likeness (QED) is 0.218. The van der Waals surface area contributed by atoms with Gasteiger partial charge in [-0.05, 0) is 57.5 Å². The van der Waals surface area contributed by atoms with Crippen molar-refractivity contribution in [3.8, 4) is 0 Å². The third-order valence-corrected chi connectivity index (χ3v) is 7.96. The summed E-state index contributed by atoms with van der Waals surface area (Å²) in [4.78, 5) is 39.0. The van der Waals surface area contributed by atoms with Crippen molar-refractivity contribution in [1.82, 2.24) is 10.6 Å². The maximum atomic E-state index is 13.3. The largest absolute Gasteiger partial charge is 0.445 e. The van der Waals surface area contributed by atoms with Crippen LogP contribution in [0.25, 0.3) is 10.8 Å². The number of thiophene rings is 1. The van der Waals surface area contributed by atoms with Gasteiger partial charge in [0.15, 0.2) is 5.78 Å². The topological polar surface area (TPSA) is 84.5 Å². The first-order chi connectivity index (χ1) is 18.4. The van der Waals surface area contributed by atoms with Crippen LogP contribution in [0.2, 0.25) is 0 Å². The van der Waals surface area contributed by atoms with E-state index in [-0.39, 0.29) is 24.2 Å². The number of unbranched alkanes of at least 4 members (excludes halogenated alkanes) is 1. The van der Waals surface area contributed by atoms with Crippen LogP contribution in [-0.2, 0) is 26.7 Å². The van der Waals surface area contributed by atoms with Crippen molar-refractivity contribution >= 4 is 51.7 Å². The highest BCUT2D eigenvalue weighted by molar-refractivity contribution is 7.99. The van der Waals surface area contributed by atoms with Crippen LogP contribution in [0.3, 0.4) is 0 Å². The third kappa shape index (κ3) is 9.48. The Balaban J connectivity index is 1.58. The predicted octanol–water partition coefficient (Wildman–Crippen LogP) is 6.72. The number of hydrogen-bond donors (Lipinski definition) is 2. The highest BCUT2D eigenvalue weighted by Gasteiger charge is 2.27. The van der Waals surface area contributed by atoms with E-state index in [9.17, 15) is 14.4 Å². The molecule has 0 spiro atoms. The van der Waals surface area contributed by atoms with Crippen LogP contribution in [0.4, 0.5) is 4.79 Å². The van der Waals surface area contributed by atoms with Gasteiger partial charge in [0.05, 0.1) is 11.8 Å². The number of rotatable bonds is 15. The molecular weight excluding hydrogens is 516 g/mol. The molecule has 2 atom stereocenters. The molecule has 1 heterocycles. The number of ketones is 1. The number of ether oxygens (including phenoxy) is 1. The fourth-order valence-electron chi connectivity index (χ4n) is 4.19. The van der Waals surface area contributed by atoms with Gasteiger partial charge in [-0.1, -0.05) is 76.1 Å². The fraction of sp³-hybridized carbons (Fsp3) is 0.433. The summed E-state index contributed by atoms with van der Waals surface area (Å²) < 4.78 is 5.50. The minimum absolute atomic E-state index is 0.00820. The Morgan fingerprint density at radius 2 is 1.79 bits per heavy atom. The molecule has 2 N–H and O–H groups in total. The SMILES string of the molecule is CCCC[C@H](NC(=O)[C@H](CC(C)C)NC(=O)OCc1cccc2ccccc12)C(=O)CSCc1ccsc1.